The molecule has 26 heavy (non-hydrogen) atoms. The topological polar surface area (TPSA) is 79.0 Å². The van der Waals surface area contributed by atoms with Gasteiger partial charge in [-0.05, 0) is 38.0 Å². The first-order valence-electron chi connectivity index (χ1n) is 9.11. The zero-order chi connectivity index (χ0) is 18.6. The fraction of sp³-hybridized carbons (Fsp3) is 0.450. The first-order valence-corrected chi connectivity index (χ1v) is 9.11. The molecule has 0 saturated heterocycles. The van der Waals surface area contributed by atoms with Crippen molar-refractivity contribution in [3.05, 3.63) is 60.1 Å². The van der Waals surface area contributed by atoms with Crippen LogP contribution in [0, 0.1) is 0 Å². The monoisotopic (exact) mass is 359 g/mol. The second-order valence-electron chi connectivity index (χ2n) is 5.95. The number of hydrogen-bond donors (Lipinski definition) is 3. The van der Waals surface area contributed by atoms with Crippen molar-refractivity contribution in [2.24, 2.45) is 4.99 Å². The van der Waals surface area contributed by atoms with Gasteiger partial charge in [0.05, 0.1) is 18.9 Å². The Hall–Kier alpha value is -2.31. The number of aliphatic imine (C=N–C) groups is 1. The van der Waals surface area contributed by atoms with Crippen LogP contribution in [0.25, 0.3) is 0 Å². The number of benzene rings is 1. The lowest BCUT2D eigenvalue weighted by molar-refractivity contribution is 0.0646. The summed E-state index contributed by atoms with van der Waals surface area (Å²) in [6.45, 7) is 6.46. The molecule has 0 spiro atoms. The van der Waals surface area contributed by atoms with Crippen molar-refractivity contribution in [2.75, 3.05) is 26.2 Å². The Balaban J connectivity index is 1.68. The van der Waals surface area contributed by atoms with Gasteiger partial charge in [0, 0.05) is 19.7 Å². The van der Waals surface area contributed by atoms with E-state index in [0.717, 1.165) is 19.5 Å². The Kier molecular flexibility index (Phi) is 8.72. The summed E-state index contributed by atoms with van der Waals surface area (Å²) in [6, 6.07) is 13.7. The van der Waals surface area contributed by atoms with Crippen LogP contribution in [0.1, 0.15) is 43.8 Å². The molecular formula is C20H29N3O3. The van der Waals surface area contributed by atoms with Gasteiger partial charge in [0.25, 0.3) is 0 Å². The number of furan rings is 1. The number of aliphatic hydroxyl groups excluding tert-OH is 1. The van der Waals surface area contributed by atoms with Gasteiger partial charge < -0.3 is 24.9 Å². The van der Waals surface area contributed by atoms with E-state index in [-0.39, 0.29) is 12.6 Å². The molecule has 0 amide bonds. The first kappa shape index (κ1) is 20.0. The fourth-order valence-corrected chi connectivity index (χ4v) is 2.45. The molecule has 0 aliphatic heterocycles. The Labute approximate surface area is 155 Å². The van der Waals surface area contributed by atoms with Gasteiger partial charge in [0.1, 0.15) is 11.9 Å². The Morgan fingerprint density at radius 3 is 2.69 bits per heavy atom. The van der Waals surface area contributed by atoms with Crippen LogP contribution in [-0.2, 0) is 4.74 Å². The molecule has 6 nitrogen and oxygen atoms in total. The van der Waals surface area contributed by atoms with Crippen LogP contribution in [0.2, 0.25) is 0 Å². The molecule has 142 valence electrons. The van der Waals surface area contributed by atoms with Gasteiger partial charge in [-0.15, -0.1) is 0 Å². The number of nitrogens with zero attached hydrogens (tertiary/aromatic N) is 1. The summed E-state index contributed by atoms with van der Waals surface area (Å²) in [7, 11) is 0. The summed E-state index contributed by atoms with van der Waals surface area (Å²) in [5, 5.41) is 16.4. The normalized spacial score (nSPS) is 14.0. The second kappa shape index (κ2) is 11.3. The van der Waals surface area contributed by atoms with Crippen molar-refractivity contribution in [2.45, 2.75) is 32.5 Å². The maximum Gasteiger partial charge on any atom is 0.191 e. The predicted octanol–water partition coefficient (Wildman–Crippen LogP) is 3.04. The lowest BCUT2D eigenvalue weighted by atomic mass is 10.1. The maximum absolute atomic E-state index is 10.0. The van der Waals surface area contributed by atoms with Gasteiger partial charge in [0.15, 0.2) is 5.96 Å². The molecule has 3 N–H and O–H groups in total. The second-order valence-corrected chi connectivity index (χ2v) is 5.95. The van der Waals surface area contributed by atoms with Crippen LogP contribution in [0.3, 0.4) is 0 Å². The average Bonchev–Trinajstić information content (AvgIpc) is 3.21. The van der Waals surface area contributed by atoms with Crippen LogP contribution in [0.4, 0.5) is 0 Å². The van der Waals surface area contributed by atoms with Crippen molar-refractivity contribution in [1.82, 2.24) is 10.6 Å². The number of ether oxygens (including phenoxy) is 1. The van der Waals surface area contributed by atoms with E-state index in [1.54, 1.807) is 18.4 Å². The van der Waals surface area contributed by atoms with Crippen molar-refractivity contribution < 1.29 is 14.3 Å². The lowest BCUT2D eigenvalue weighted by Crippen LogP contribution is -2.38. The summed E-state index contributed by atoms with van der Waals surface area (Å²) in [4.78, 5) is 4.39. The van der Waals surface area contributed by atoms with E-state index in [0.29, 0.717) is 18.3 Å². The smallest absolute Gasteiger partial charge is 0.191 e. The van der Waals surface area contributed by atoms with Crippen molar-refractivity contribution >= 4 is 5.96 Å². The molecule has 2 aromatic rings. The van der Waals surface area contributed by atoms with Crippen LogP contribution in [0.15, 0.2) is 58.1 Å². The van der Waals surface area contributed by atoms with Gasteiger partial charge in [-0.3, -0.25) is 4.99 Å². The summed E-state index contributed by atoms with van der Waals surface area (Å²) in [5.74, 6) is 1.20. The van der Waals surface area contributed by atoms with Gasteiger partial charge in [0.2, 0.25) is 0 Å². The standard InChI is InChI=1S/C20H29N3O3/c1-3-21-20(23-15-18(24)19-11-7-13-26-19)22-12-8-14-25-16(2)17-9-5-4-6-10-17/h4-7,9-11,13,16,18,24H,3,8,12,14-15H2,1-2H3,(H2,21,22,23). The van der Waals surface area contributed by atoms with Gasteiger partial charge in [-0.1, -0.05) is 30.3 Å². The third-order valence-corrected chi connectivity index (χ3v) is 3.89. The molecule has 0 bridgehead atoms. The van der Waals surface area contributed by atoms with E-state index in [4.69, 9.17) is 9.15 Å². The third kappa shape index (κ3) is 6.90. The van der Waals surface area contributed by atoms with E-state index in [1.807, 2.05) is 25.1 Å². The molecule has 1 aromatic carbocycles. The molecule has 2 unspecified atom stereocenters. The molecule has 0 aliphatic rings. The van der Waals surface area contributed by atoms with E-state index in [9.17, 15) is 5.11 Å². The van der Waals surface area contributed by atoms with E-state index < -0.39 is 6.10 Å². The lowest BCUT2D eigenvalue weighted by Gasteiger charge is -2.15. The number of nitrogens with one attached hydrogen (secondary N) is 2. The van der Waals surface area contributed by atoms with Gasteiger partial charge in [-0.25, -0.2) is 0 Å². The molecule has 6 heteroatoms. The molecule has 0 aliphatic carbocycles. The molecule has 0 radical (unpaired) electrons. The predicted molar refractivity (Wildman–Crippen MR) is 103 cm³/mol. The molecule has 2 rings (SSSR count). The van der Waals surface area contributed by atoms with Crippen LogP contribution in [0.5, 0.6) is 0 Å². The van der Waals surface area contributed by atoms with Crippen molar-refractivity contribution in [3.63, 3.8) is 0 Å². The largest absolute Gasteiger partial charge is 0.467 e. The third-order valence-electron chi connectivity index (χ3n) is 3.89. The highest BCUT2D eigenvalue weighted by molar-refractivity contribution is 5.79. The van der Waals surface area contributed by atoms with E-state index in [2.05, 4.69) is 34.7 Å². The Bertz CT molecular complexity index is 629. The highest BCUT2D eigenvalue weighted by Gasteiger charge is 2.10. The molecular weight excluding hydrogens is 330 g/mol. The van der Waals surface area contributed by atoms with E-state index in [1.165, 1.54) is 5.56 Å². The van der Waals surface area contributed by atoms with Crippen LogP contribution in [-0.4, -0.2) is 37.3 Å². The SMILES string of the molecule is CCNC(=NCC(O)c1ccco1)NCCCOC(C)c1ccccc1. The van der Waals surface area contributed by atoms with Crippen molar-refractivity contribution in [1.29, 1.82) is 0 Å². The molecule has 2 atom stereocenters. The number of rotatable bonds is 10. The van der Waals surface area contributed by atoms with Crippen LogP contribution >= 0.6 is 0 Å². The summed E-state index contributed by atoms with van der Waals surface area (Å²) in [5.41, 5.74) is 1.18. The molecule has 1 aromatic heterocycles. The summed E-state index contributed by atoms with van der Waals surface area (Å²) < 4.78 is 11.0. The number of guanidine groups is 1. The minimum atomic E-state index is -0.740. The molecule has 1 heterocycles. The zero-order valence-corrected chi connectivity index (χ0v) is 15.5. The summed E-state index contributed by atoms with van der Waals surface area (Å²) >= 11 is 0. The maximum atomic E-state index is 10.0. The number of hydrogen-bond acceptors (Lipinski definition) is 4. The quantitative estimate of drug-likeness (QED) is 0.345. The molecule has 0 saturated carbocycles. The highest BCUT2D eigenvalue weighted by atomic mass is 16.5. The Morgan fingerprint density at radius 2 is 2.00 bits per heavy atom. The minimum Gasteiger partial charge on any atom is -0.467 e. The summed E-state index contributed by atoms with van der Waals surface area (Å²) in [6.07, 6.45) is 1.75. The number of aliphatic hydroxyl groups is 1. The van der Waals surface area contributed by atoms with E-state index >= 15 is 0 Å². The zero-order valence-electron chi connectivity index (χ0n) is 15.5. The Morgan fingerprint density at radius 1 is 1.19 bits per heavy atom. The molecule has 0 fully saturated rings. The van der Waals surface area contributed by atoms with Crippen molar-refractivity contribution in [3.8, 4) is 0 Å². The first-order chi connectivity index (χ1) is 12.7. The average molecular weight is 359 g/mol. The fourth-order valence-electron chi connectivity index (χ4n) is 2.45. The van der Waals surface area contributed by atoms with Crippen LogP contribution < -0.4 is 10.6 Å². The van der Waals surface area contributed by atoms with Gasteiger partial charge in [-0.2, -0.15) is 0 Å². The highest BCUT2D eigenvalue weighted by Crippen LogP contribution is 2.15. The van der Waals surface area contributed by atoms with Gasteiger partial charge >= 0.3 is 0 Å². The minimum absolute atomic E-state index is 0.0848.